The summed E-state index contributed by atoms with van der Waals surface area (Å²) in [4.78, 5) is 30.8. The number of aryl methyl sites for hydroxylation is 2. The maximum Gasteiger partial charge on any atom is 0.262 e. The summed E-state index contributed by atoms with van der Waals surface area (Å²) in [7, 11) is 0. The van der Waals surface area contributed by atoms with Crippen molar-refractivity contribution >= 4 is 33.3 Å². The number of rotatable bonds is 6. The molecular formula is C25H21N5O2S. The van der Waals surface area contributed by atoms with E-state index in [-0.39, 0.29) is 24.4 Å². The molecule has 2 aromatic carbocycles. The van der Waals surface area contributed by atoms with E-state index in [9.17, 15) is 9.59 Å². The number of carbonyl (C=O) groups is 1. The molecule has 5 aromatic rings. The van der Waals surface area contributed by atoms with Crippen LogP contribution in [0.2, 0.25) is 0 Å². The van der Waals surface area contributed by atoms with Crippen LogP contribution in [0.3, 0.4) is 0 Å². The fraction of sp³-hybridized carbons (Fsp3) is 0.120. The van der Waals surface area contributed by atoms with Crippen molar-refractivity contribution in [1.82, 2.24) is 19.3 Å². The number of hydrogen-bond acceptors (Lipinski definition) is 5. The van der Waals surface area contributed by atoms with E-state index in [4.69, 9.17) is 0 Å². The summed E-state index contributed by atoms with van der Waals surface area (Å²) in [6.07, 6.45) is 3.43. The van der Waals surface area contributed by atoms with Crippen molar-refractivity contribution in [3.63, 3.8) is 0 Å². The van der Waals surface area contributed by atoms with Gasteiger partial charge in [0.2, 0.25) is 5.91 Å². The number of fused-ring (bicyclic) bond motifs is 1. The van der Waals surface area contributed by atoms with Crippen molar-refractivity contribution in [2.24, 2.45) is 0 Å². The average molecular weight is 456 g/mol. The highest BCUT2D eigenvalue weighted by atomic mass is 32.1. The molecule has 5 rings (SSSR count). The summed E-state index contributed by atoms with van der Waals surface area (Å²) in [5, 5.41) is 9.73. The molecule has 1 amide bonds. The van der Waals surface area contributed by atoms with Crippen molar-refractivity contribution in [1.29, 1.82) is 0 Å². The van der Waals surface area contributed by atoms with Gasteiger partial charge in [0, 0.05) is 36.2 Å². The van der Waals surface area contributed by atoms with E-state index in [0.717, 1.165) is 22.4 Å². The predicted molar refractivity (Wildman–Crippen MR) is 131 cm³/mol. The average Bonchev–Trinajstić information content (AvgIpc) is 3.47. The molecular weight excluding hydrogens is 434 g/mol. The topological polar surface area (TPSA) is 81.8 Å². The summed E-state index contributed by atoms with van der Waals surface area (Å²) in [5.74, 6) is 0.244. The van der Waals surface area contributed by atoms with E-state index < -0.39 is 0 Å². The highest BCUT2D eigenvalue weighted by molar-refractivity contribution is 7.17. The zero-order valence-corrected chi connectivity index (χ0v) is 18.7. The van der Waals surface area contributed by atoms with Crippen LogP contribution in [0.25, 0.3) is 27.0 Å². The van der Waals surface area contributed by atoms with E-state index in [1.165, 1.54) is 22.2 Å². The number of anilines is 1. The van der Waals surface area contributed by atoms with E-state index in [1.807, 2.05) is 66.9 Å². The van der Waals surface area contributed by atoms with Gasteiger partial charge >= 0.3 is 0 Å². The number of hydrogen-bond donors (Lipinski definition) is 1. The van der Waals surface area contributed by atoms with Crippen LogP contribution in [0.1, 0.15) is 12.0 Å². The van der Waals surface area contributed by atoms with Crippen molar-refractivity contribution in [2.75, 3.05) is 5.32 Å². The van der Waals surface area contributed by atoms with Crippen molar-refractivity contribution in [3.05, 3.63) is 94.5 Å². The Morgan fingerprint density at radius 3 is 2.64 bits per heavy atom. The Labute approximate surface area is 194 Å². The van der Waals surface area contributed by atoms with Crippen molar-refractivity contribution in [2.45, 2.75) is 19.9 Å². The molecule has 164 valence electrons. The number of aromatic nitrogens is 4. The fourth-order valence-electron chi connectivity index (χ4n) is 3.61. The van der Waals surface area contributed by atoms with E-state index in [1.54, 1.807) is 16.9 Å². The molecule has 0 aliphatic carbocycles. The lowest BCUT2D eigenvalue weighted by Crippen LogP contribution is -2.23. The molecule has 7 nitrogen and oxygen atoms in total. The molecule has 0 aliphatic rings. The first-order valence-electron chi connectivity index (χ1n) is 10.5. The standard InChI is InChI=1S/C25H21N5O2S/c1-17-7-9-18(10-8-17)20-15-33-24-23(20)25(32)29(16-26-24)13-12-22(31)27-21-11-14-30(28-21)19-5-3-2-4-6-19/h2-11,14-16H,12-13H2,1H3,(H,27,28,31). The number of nitrogens with one attached hydrogen (secondary N) is 1. The van der Waals surface area contributed by atoms with Crippen molar-refractivity contribution in [3.8, 4) is 16.8 Å². The first-order valence-corrected chi connectivity index (χ1v) is 11.4. The van der Waals surface area contributed by atoms with Gasteiger partial charge in [-0.2, -0.15) is 5.10 Å². The van der Waals surface area contributed by atoms with E-state index in [0.29, 0.717) is 16.0 Å². The number of nitrogens with zero attached hydrogens (tertiary/aromatic N) is 4. The maximum absolute atomic E-state index is 13.2. The third-order valence-electron chi connectivity index (χ3n) is 5.38. The van der Waals surface area contributed by atoms with Gasteiger partial charge in [0.05, 0.1) is 17.4 Å². The lowest BCUT2D eigenvalue weighted by atomic mass is 10.1. The Hall–Kier alpha value is -4.04. The number of para-hydroxylation sites is 1. The molecule has 0 saturated carbocycles. The molecule has 0 aliphatic heterocycles. The first kappa shape index (κ1) is 20.8. The minimum atomic E-state index is -0.218. The zero-order valence-electron chi connectivity index (χ0n) is 17.9. The van der Waals surface area contributed by atoms with Crippen LogP contribution in [0.5, 0.6) is 0 Å². The van der Waals surface area contributed by atoms with Gasteiger partial charge in [-0.25, -0.2) is 9.67 Å². The van der Waals surface area contributed by atoms with E-state index in [2.05, 4.69) is 15.4 Å². The quantitative estimate of drug-likeness (QED) is 0.404. The molecule has 3 aromatic heterocycles. The highest BCUT2D eigenvalue weighted by Crippen LogP contribution is 2.30. The molecule has 8 heteroatoms. The summed E-state index contributed by atoms with van der Waals surface area (Å²) >= 11 is 1.45. The minimum Gasteiger partial charge on any atom is -0.309 e. The molecule has 0 saturated heterocycles. The molecule has 0 fully saturated rings. The van der Waals surface area contributed by atoms with Gasteiger partial charge < -0.3 is 5.32 Å². The number of benzene rings is 2. The number of amides is 1. The molecule has 0 spiro atoms. The van der Waals surface area contributed by atoms with Crippen LogP contribution in [-0.2, 0) is 11.3 Å². The molecule has 33 heavy (non-hydrogen) atoms. The summed E-state index contributed by atoms with van der Waals surface area (Å²) in [6.45, 7) is 2.26. The molecule has 0 bridgehead atoms. The second-order valence-electron chi connectivity index (χ2n) is 7.72. The third-order valence-corrected chi connectivity index (χ3v) is 6.27. The molecule has 3 heterocycles. The van der Waals surface area contributed by atoms with Crippen LogP contribution in [0, 0.1) is 6.92 Å². The van der Waals surface area contributed by atoms with Gasteiger partial charge in [-0.15, -0.1) is 11.3 Å². The van der Waals surface area contributed by atoms with Gasteiger partial charge in [0.1, 0.15) is 4.83 Å². The van der Waals surface area contributed by atoms with Gasteiger partial charge in [-0.1, -0.05) is 48.0 Å². The van der Waals surface area contributed by atoms with Gasteiger partial charge in [0.15, 0.2) is 5.82 Å². The Morgan fingerprint density at radius 2 is 1.85 bits per heavy atom. The largest absolute Gasteiger partial charge is 0.309 e. The highest BCUT2D eigenvalue weighted by Gasteiger charge is 2.14. The van der Waals surface area contributed by atoms with Gasteiger partial charge in [-0.05, 0) is 24.6 Å². The van der Waals surface area contributed by atoms with Crippen molar-refractivity contribution < 1.29 is 4.79 Å². The number of carbonyl (C=O) groups excluding carboxylic acids is 1. The number of thiophene rings is 1. The molecule has 0 radical (unpaired) electrons. The maximum atomic E-state index is 13.2. The first-order chi connectivity index (χ1) is 16.1. The van der Waals surface area contributed by atoms with E-state index >= 15 is 0 Å². The smallest absolute Gasteiger partial charge is 0.262 e. The zero-order chi connectivity index (χ0) is 22.8. The lowest BCUT2D eigenvalue weighted by Gasteiger charge is -2.07. The summed E-state index contributed by atoms with van der Waals surface area (Å²) < 4.78 is 3.19. The third kappa shape index (κ3) is 4.33. The normalized spacial score (nSPS) is 11.1. The summed E-state index contributed by atoms with van der Waals surface area (Å²) in [6, 6.07) is 19.5. The van der Waals surface area contributed by atoms with Crippen LogP contribution < -0.4 is 10.9 Å². The second-order valence-corrected chi connectivity index (χ2v) is 8.58. The van der Waals surface area contributed by atoms with Crippen LogP contribution in [-0.4, -0.2) is 25.2 Å². The van der Waals surface area contributed by atoms with Crippen LogP contribution in [0.4, 0.5) is 5.82 Å². The monoisotopic (exact) mass is 455 g/mol. The Bertz CT molecular complexity index is 1480. The van der Waals surface area contributed by atoms with Crippen LogP contribution in [0.15, 0.2) is 83.4 Å². The SMILES string of the molecule is Cc1ccc(-c2csc3ncn(CCC(=O)Nc4ccn(-c5ccccc5)n4)c(=O)c23)cc1. The Kier molecular flexibility index (Phi) is 5.58. The lowest BCUT2D eigenvalue weighted by molar-refractivity contribution is -0.116. The fourth-order valence-corrected chi connectivity index (χ4v) is 4.52. The molecule has 0 unspecified atom stereocenters. The summed E-state index contributed by atoms with van der Waals surface area (Å²) in [5.41, 5.74) is 3.78. The van der Waals surface area contributed by atoms with Gasteiger partial charge in [-0.3, -0.25) is 14.2 Å². The van der Waals surface area contributed by atoms with Crippen LogP contribution >= 0.6 is 11.3 Å². The second kappa shape index (κ2) is 8.84. The molecule has 0 atom stereocenters. The predicted octanol–water partition coefficient (Wildman–Crippen LogP) is 4.65. The molecule has 1 N–H and O–H groups in total. The minimum absolute atomic E-state index is 0.134. The Balaban J connectivity index is 1.31. The van der Waals surface area contributed by atoms with Gasteiger partial charge in [0.25, 0.3) is 5.56 Å². The Morgan fingerprint density at radius 1 is 1.06 bits per heavy atom.